The molecule has 8 aromatic rings. The fraction of sp³-hybridized carbons (Fsp3) is 0.0909. The van der Waals surface area contributed by atoms with Gasteiger partial charge in [-0.3, -0.25) is 0 Å². The standard InChI is InChI=1S/C53H38N2.C2H6/c1-5-20-38(21-6-1)54(39-22-7-2-8-23-39)42-35-49-52(50(36-42)55(40-24-9-3-10-25-40)41-26-11-4-12-27-41)45-30-16-18-32-47(45)53(49)46-31-17-15-29-44(46)51-43-28-14-13-19-37(43)33-34-48(51)53;1-2/h1-32,35-36H,33-34H2;1-2H3. The van der Waals surface area contributed by atoms with Crippen molar-refractivity contribution in [3.8, 4) is 11.1 Å². The maximum atomic E-state index is 2.53. The molecule has 0 saturated carbocycles. The largest absolute Gasteiger partial charge is 0.310 e. The minimum absolute atomic E-state index is 0.464. The van der Waals surface area contributed by atoms with Gasteiger partial charge in [0.2, 0.25) is 0 Å². The van der Waals surface area contributed by atoms with Crippen LogP contribution in [-0.4, -0.2) is 0 Å². The molecular formula is C55H44N2. The van der Waals surface area contributed by atoms with Gasteiger partial charge in [-0.05, 0) is 124 Å². The van der Waals surface area contributed by atoms with E-state index < -0.39 is 5.41 Å². The Morgan fingerprint density at radius 1 is 0.368 bits per heavy atom. The van der Waals surface area contributed by atoms with Gasteiger partial charge in [0.25, 0.3) is 0 Å². The molecule has 0 heterocycles. The second-order valence-corrected chi connectivity index (χ2v) is 14.8. The summed E-state index contributed by atoms with van der Waals surface area (Å²) in [6.07, 6.45) is 2.02. The molecule has 0 N–H and O–H groups in total. The zero-order chi connectivity index (χ0) is 38.3. The molecular weight excluding hydrogens is 689 g/mol. The van der Waals surface area contributed by atoms with Crippen molar-refractivity contribution in [1.82, 2.24) is 0 Å². The lowest BCUT2D eigenvalue weighted by Crippen LogP contribution is -2.29. The van der Waals surface area contributed by atoms with Crippen LogP contribution in [0, 0.1) is 0 Å². The fourth-order valence-corrected chi connectivity index (χ4v) is 9.87. The average molecular weight is 733 g/mol. The number of para-hydroxylation sites is 4. The summed E-state index contributed by atoms with van der Waals surface area (Å²) in [6.45, 7) is 4.00. The van der Waals surface area contributed by atoms with Crippen molar-refractivity contribution in [3.05, 3.63) is 245 Å². The quantitative estimate of drug-likeness (QED) is 0.168. The number of allylic oxidation sites excluding steroid dienone is 1. The Labute approximate surface area is 336 Å². The minimum Gasteiger partial charge on any atom is -0.310 e. The zero-order valence-corrected chi connectivity index (χ0v) is 32.4. The van der Waals surface area contributed by atoms with Crippen molar-refractivity contribution < 1.29 is 0 Å². The van der Waals surface area contributed by atoms with E-state index in [1.54, 1.807) is 0 Å². The van der Waals surface area contributed by atoms with Gasteiger partial charge >= 0.3 is 0 Å². The summed E-state index contributed by atoms with van der Waals surface area (Å²) in [5, 5.41) is 0. The van der Waals surface area contributed by atoms with Crippen LogP contribution < -0.4 is 9.80 Å². The fourth-order valence-electron chi connectivity index (χ4n) is 9.87. The van der Waals surface area contributed by atoms with Gasteiger partial charge in [-0.25, -0.2) is 0 Å². The van der Waals surface area contributed by atoms with Crippen molar-refractivity contribution in [3.63, 3.8) is 0 Å². The highest BCUT2D eigenvalue weighted by Crippen LogP contribution is 2.67. The normalized spacial score (nSPS) is 15.4. The maximum absolute atomic E-state index is 2.53. The smallest absolute Gasteiger partial charge is 0.0690 e. The van der Waals surface area contributed by atoms with Crippen LogP contribution in [0.5, 0.6) is 0 Å². The van der Waals surface area contributed by atoms with Gasteiger partial charge in [0, 0.05) is 34.0 Å². The van der Waals surface area contributed by atoms with Crippen molar-refractivity contribution in [2.45, 2.75) is 32.1 Å². The van der Waals surface area contributed by atoms with Crippen LogP contribution in [0.4, 0.5) is 34.1 Å². The van der Waals surface area contributed by atoms with Gasteiger partial charge in [-0.15, -0.1) is 0 Å². The number of aryl methyl sites for hydroxylation is 1. The molecule has 0 bridgehead atoms. The van der Waals surface area contributed by atoms with Gasteiger partial charge in [-0.1, -0.05) is 159 Å². The lowest BCUT2D eigenvalue weighted by Gasteiger charge is -2.36. The first-order valence-corrected chi connectivity index (χ1v) is 20.3. The first-order chi connectivity index (χ1) is 28.3. The van der Waals surface area contributed by atoms with Gasteiger partial charge in [0.05, 0.1) is 11.1 Å². The van der Waals surface area contributed by atoms with E-state index in [1.165, 1.54) is 55.7 Å². The van der Waals surface area contributed by atoms with Gasteiger partial charge < -0.3 is 9.80 Å². The number of hydrogen-bond donors (Lipinski definition) is 0. The lowest BCUT2D eigenvalue weighted by atomic mass is 9.67. The summed E-state index contributed by atoms with van der Waals surface area (Å²) in [4.78, 5) is 4.90. The van der Waals surface area contributed by atoms with Crippen LogP contribution in [0.25, 0.3) is 16.7 Å². The van der Waals surface area contributed by atoms with Gasteiger partial charge in [0.1, 0.15) is 0 Å². The van der Waals surface area contributed by atoms with E-state index in [2.05, 4.69) is 216 Å². The molecule has 0 radical (unpaired) electrons. The molecule has 2 nitrogen and oxygen atoms in total. The number of nitrogens with zero attached hydrogens (tertiary/aromatic N) is 2. The first kappa shape index (κ1) is 34.6. The van der Waals surface area contributed by atoms with Crippen LogP contribution in [-0.2, 0) is 11.8 Å². The summed E-state index contributed by atoms with van der Waals surface area (Å²) >= 11 is 0. The van der Waals surface area contributed by atoms with Crippen LogP contribution in [0.1, 0.15) is 53.6 Å². The van der Waals surface area contributed by atoms with E-state index in [0.717, 1.165) is 47.0 Å². The summed E-state index contributed by atoms with van der Waals surface area (Å²) < 4.78 is 0. The molecule has 3 aliphatic rings. The van der Waals surface area contributed by atoms with Crippen molar-refractivity contribution >= 4 is 39.7 Å². The molecule has 0 aromatic heterocycles. The third-order valence-electron chi connectivity index (χ3n) is 11.9. The van der Waals surface area contributed by atoms with Crippen molar-refractivity contribution in [1.29, 1.82) is 0 Å². The monoisotopic (exact) mass is 732 g/mol. The Kier molecular flexibility index (Phi) is 8.68. The van der Waals surface area contributed by atoms with E-state index in [4.69, 9.17) is 0 Å². The van der Waals surface area contributed by atoms with Crippen molar-refractivity contribution in [2.24, 2.45) is 0 Å². The van der Waals surface area contributed by atoms with Crippen molar-refractivity contribution in [2.75, 3.05) is 9.80 Å². The maximum Gasteiger partial charge on any atom is 0.0690 e. The van der Waals surface area contributed by atoms with Crippen LogP contribution >= 0.6 is 0 Å². The van der Waals surface area contributed by atoms with E-state index >= 15 is 0 Å². The molecule has 1 spiro atoms. The highest BCUT2D eigenvalue weighted by molar-refractivity contribution is 6.05. The Balaban J connectivity index is 0.00000195. The molecule has 57 heavy (non-hydrogen) atoms. The molecule has 1 unspecified atom stereocenters. The predicted molar refractivity (Wildman–Crippen MR) is 240 cm³/mol. The number of rotatable bonds is 6. The first-order valence-electron chi connectivity index (χ1n) is 20.3. The number of hydrogen-bond acceptors (Lipinski definition) is 2. The summed E-state index contributed by atoms with van der Waals surface area (Å²) in [5.41, 5.74) is 20.1. The van der Waals surface area contributed by atoms with E-state index in [0.29, 0.717) is 0 Å². The Morgan fingerprint density at radius 3 is 1.37 bits per heavy atom. The Hall–Kier alpha value is -6.90. The van der Waals surface area contributed by atoms with Crippen LogP contribution in [0.15, 0.2) is 212 Å². The van der Waals surface area contributed by atoms with Gasteiger partial charge in [-0.2, -0.15) is 0 Å². The summed E-state index contributed by atoms with van der Waals surface area (Å²) in [7, 11) is 0. The molecule has 3 aliphatic carbocycles. The highest BCUT2D eigenvalue weighted by atomic mass is 15.2. The molecule has 0 aliphatic heterocycles. The average Bonchev–Trinajstić information content (AvgIpc) is 3.76. The van der Waals surface area contributed by atoms with E-state index in [1.807, 2.05) is 13.8 Å². The third-order valence-corrected chi connectivity index (χ3v) is 11.9. The number of fused-ring (bicyclic) bond motifs is 11. The summed E-state index contributed by atoms with van der Waals surface area (Å²) in [5.74, 6) is 0. The minimum atomic E-state index is -0.464. The SMILES string of the molecule is CC.c1ccc(N(c2ccccc2)c2cc(N(c3ccccc3)c3ccccc3)c3c(c2)C2(C4=C(c5ccccc5CC4)c4ccccc42)c2ccccc2-3)cc1. The zero-order valence-electron chi connectivity index (χ0n) is 32.4. The van der Waals surface area contributed by atoms with E-state index in [9.17, 15) is 0 Å². The molecule has 1 atom stereocenters. The Morgan fingerprint density at radius 2 is 0.807 bits per heavy atom. The molecule has 8 aromatic carbocycles. The topological polar surface area (TPSA) is 6.48 Å². The van der Waals surface area contributed by atoms with Gasteiger partial charge in [0.15, 0.2) is 0 Å². The summed E-state index contributed by atoms with van der Waals surface area (Å²) in [6, 6.07) is 75.9. The predicted octanol–water partition coefficient (Wildman–Crippen LogP) is 14.7. The highest BCUT2D eigenvalue weighted by Gasteiger charge is 2.54. The number of benzene rings is 8. The molecule has 11 rings (SSSR count). The lowest BCUT2D eigenvalue weighted by molar-refractivity contribution is 0.706. The molecule has 0 fully saturated rings. The van der Waals surface area contributed by atoms with Crippen LogP contribution in [0.3, 0.4) is 0 Å². The molecule has 0 saturated heterocycles. The second kappa shape index (κ2) is 14.3. The molecule has 274 valence electrons. The Bertz CT molecular complexity index is 2670. The number of anilines is 6. The third kappa shape index (κ3) is 5.32. The molecule has 0 amide bonds. The molecule has 2 heteroatoms. The van der Waals surface area contributed by atoms with E-state index in [-0.39, 0.29) is 0 Å². The second-order valence-electron chi connectivity index (χ2n) is 14.8. The van der Waals surface area contributed by atoms with Crippen LogP contribution in [0.2, 0.25) is 0 Å².